The van der Waals surface area contributed by atoms with Crippen LogP contribution in [0.4, 0.5) is 5.69 Å². The van der Waals surface area contributed by atoms with Crippen molar-refractivity contribution in [2.24, 2.45) is 0 Å². The first kappa shape index (κ1) is 15.0. The topological polar surface area (TPSA) is 60.5 Å². The summed E-state index contributed by atoms with van der Waals surface area (Å²) in [6.45, 7) is 9.79. The zero-order valence-corrected chi connectivity index (χ0v) is 12.7. The molecule has 0 spiro atoms. The zero-order chi connectivity index (χ0) is 15.0. The quantitative estimate of drug-likeness (QED) is 0.854. The molecule has 2 rings (SSSR count). The Hall–Kier alpha value is -1.40. The van der Waals surface area contributed by atoms with Gasteiger partial charge in [-0.2, -0.15) is 0 Å². The van der Waals surface area contributed by atoms with Gasteiger partial charge in [-0.05, 0) is 33.8 Å². The van der Waals surface area contributed by atoms with E-state index in [1.165, 1.54) is 0 Å². The summed E-state index contributed by atoms with van der Waals surface area (Å²) >= 11 is 0. The first-order valence-corrected chi connectivity index (χ1v) is 6.86. The Kier molecular flexibility index (Phi) is 3.89. The van der Waals surface area contributed by atoms with Gasteiger partial charge >= 0.3 is 7.12 Å². The van der Waals surface area contributed by atoms with Gasteiger partial charge in [-0.3, -0.25) is 9.78 Å². The van der Waals surface area contributed by atoms with Crippen LogP contribution in [0.15, 0.2) is 18.5 Å². The number of amides is 1. The number of aromatic nitrogens is 1. The number of nitrogens with zero attached hydrogens (tertiary/aromatic N) is 1. The molecular weight excluding hydrogens is 255 g/mol. The molecule has 1 fully saturated rings. The summed E-state index contributed by atoms with van der Waals surface area (Å²) in [5.74, 6) is -0.0473. The smallest absolute Gasteiger partial charge is 0.399 e. The molecule has 1 aromatic rings. The molecule has 108 valence electrons. The van der Waals surface area contributed by atoms with Crippen molar-refractivity contribution in [1.29, 1.82) is 0 Å². The molecule has 5 nitrogen and oxygen atoms in total. The number of carbonyl (C=O) groups excluding carboxylic acids is 1. The van der Waals surface area contributed by atoms with Crippen LogP contribution in [0.1, 0.15) is 41.0 Å². The maximum atomic E-state index is 11.6. The van der Waals surface area contributed by atoms with E-state index < -0.39 is 18.3 Å². The molecule has 0 atom stereocenters. The van der Waals surface area contributed by atoms with Crippen molar-refractivity contribution < 1.29 is 14.1 Å². The predicted molar refractivity (Wildman–Crippen MR) is 78.9 cm³/mol. The molecule has 0 aliphatic carbocycles. The summed E-state index contributed by atoms with van der Waals surface area (Å²) in [4.78, 5) is 15.7. The van der Waals surface area contributed by atoms with Crippen LogP contribution >= 0.6 is 0 Å². The van der Waals surface area contributed by atoms with E-state index >= 15 is 0 Å². The molecule has 0 radical (unpaired) electrons. The summed E-state index contributed by atoms with van der Waals surface area (Å²) in [7, 11) is -0.527. The summed E-state index contributed by atoms with van der Waals surface area (Å²) in [6.07, 6.45) is 3.73. The molecule has 1 N–H and O–H groups in total. The number of hydrogen-bond acceptors (Lipinski definition) is 4. The molecular formula is C14H21BN2O3. The monoisotopic (exact) mass is 276 g/mol. The Balaban J connectivity index is 2.28. The molecule has 1 aliphatic heterocycles. The Labute approximate surface area is 120 Å². The number of anilines is 1. The van der Waals surface area contributed by atoms with Gasteiger partial charge in [0.2, 0.25) is 5.91 Å². The third kappa shape index (κ3) is 2.71. The van der Waals surface area contributed by atoms with Gasteiger partial charge < -0.3 is 14.6 Å². The molecule has 0 bridgehead atoms. The average Bonchev–Trinajstić information content (AvgIpc) is 2.59. The van der Waals surface area contributed by atoms with Gasteiger partial charge in [-0.1, -0.05) is 6.92 Å². The summed E-state index contributed by atoms with van der Waals surface area (Å²) in [5.41, 5.74) is 0.595. The predicted octanol–water partition coefficient (Wildman–Crippen LogP) is 1.73. The van der Waals surface area contributed by atoms with E-state index in [0.29, 0.717) is 12.1 Å². The largest absolute Gasteiger partial charge is 0.498 e. The number of hydrogen-bond donors (Lipinski definition) is 1. The lowest BCUT2D eigenvalue weighted by molar-refractivity contribution is -0.115. The fraction of sp³-hybridized carbons (Fsp3) is 0.571. The Bertz CT molecular complexity index is 501. The summed E-state index contributed by atoms with van der Waals surface area (Å²) in [6, 6.07) is 1.76. The van der Waals surface area contributed by atoms with Gasteiger partial charge in [0, 0.05) is 30.0 Å². The van der Waals surface area contributed by atoms with Crippen LogP contribution in [0.5, 0.6) is 0 Å². The van der Waals surface area contributed by atoms with Crippen LogP contribution in [-0.4, -0.2) is 29.2 Å². The Morgan fingerprint density at radius 1 is 1.30 bits per heavy atom. The van der Waals surface area contributed by atoms with Crippen LogP contribution in [0, 0.1) is 0 Å². The molecule has 20 heavy (non-hydrogen) atoms. The fourth-order valence-corrected chi connectivity index (χ4v) is 1.92. The normalized spacial score (nSPS) is 19.9. The van der Waals surface area contributed by atoms with Crippen molar-refractivity contribution in [3.05, 3.63) is 18.5 Å². The minimum absolute atomic E-state index is 0.0473. The van der Waals surface area contributed by atoms with Crippen LogP contribution in [0.2, 0.25) is 0 Å². The van der Waals surface area contributed by atoms with Crippen molar-refractivity contribution in [2.45, 2.75) is 52.2 Å². The first-order valence-electron chi connectivity index (χ1n) is 6.86. The minimum atomic E-state index is -0.527. The molecule has 0 saturated carbocycles. The highest BCUT2D eigenvalue weighted by Gasteiger charge is 2.52. The van der Waals surface area contributed by atoms with Crippen molar-refractivity contribution in [2.75, 3.05) is 5.32 Å². The van der Waals surface area contributed by atoms with Crippen LogP contribution in [-0.2, 0) is 14.1 Å². The molecule has 2 heterocycles. The second-order valence-electron chi connectivity index (χ2n) is 5.95. The number of carbonyl (C=O) groups is 1. The van der Waals surface area contributed by atoms with Crippen LogP contribution in [0.25, 0.3) is 0 Å². The number of rotatable bonds is 3. The Morgan fingerprint density at radius 2 is 1.90 bits per heavy atom. The van der Waals surface area contributed by atoms with Crippen LogP contribution < -0.4 is 10.8 Å². The maximum absolute atomic E-state index is 11.6. The SMILES string of the molecule is CCC(=O)Nc1ccncc1B1OC(C)(C)C(C)(C)O1. The van der Waals surface area contributed by atoms with Gasteiger partial charge in [0.25, 0.3) is 0 Å². The standard InChI is InChI=1S/C14H21BN2O3/c1-6-12(18)17-11-7-8-16-9-10(11)15-19-13(2,3)14(4,5)20-15/h7-9H,6H2,1-5H3,(H,16,17,18). The first-order chi connectivity index (χ1) is 9.27. The van der Waals surface area contributed by atoms with E-state index in [-0.39, 0.29) is 5.91 Å². The van der Waals surface area contributed by atoms with E-state index in [0.717, 1.165) is 5.46 Å². The second-order valence-corrected chi connectivity index (χ2v) is 5.95. The summed E-state index contributed by atoms with van der Waals surface area (Å²) in [5, 5.41) is 2.85. The van der Waals surface area contributed by atoms with Gasteiger partial charge in [0.15, 0.2) is 0 Å². The van der Waals surface area contributed by atoms with Crippen molar-refractivity contribution in [3.8, 4) is 0 Å². The van der Waals surface area contributed by atoms with E-state index in [1.807, 2.05) is 34.6 Å². The minimum Gasteiger partial charge on any atom is -0.399 e. The van der Waals surface area contributed by atoms with Gasteiger partial charge in [-0.25, -0.2) is 0 Å². The van der Waals surface area contributed by atoms with E-state index in [1.54, 1.807) is 18.5 Å². The van der Waals surface area contributed by atoms with Crippen molar-refractivity contribution >= 4 is 24.2 Å². The van der Waals surface area contributed by atoms with Crippen LogP contribution in [0.3, 0.4) is 0 Å². The average molecular weight is 276 g/mol. The van der Waals surface area contributed by atoms with Gasteiger partial charge in [0.1, 0.15) is 0 Å². The molecule has 0 aromatic carbocycles. The third-order valence-electron chi connectivity index (χ3n) is 3.95. The molecule has 1 aliphatic rings. The van der Waals surface area contributed by atoms with Crippen molar-refractivity contribution in [1.82, 2.24) is 4.98 Å². The molecule has 6 heteroatoms. The zero-order valence-electron chi connectivity index (χ0n) is 12.7. The van der Waals surface area contributed by atoms with E-state index in [9.17, 15) is 4.79 Å². The van der Waals surface area contributed by atoms with Gasteiger partial charge in [-0.15, -0.1) is 0 Å². The molecule has 1 saturated heterocycles. The highest BCUT2D eigenvalue weighted by Crippen LogP contribution is 2.36. The molecule has 0 unspecified atom stereocenters. The number of pyridine rings is 1. The van der Waals surface area contributed by atoms with E-state index in [4.69, 9.17) is 9.31 Å². The lowest BCUT2D eigenvalue weighted by atomic mass is 9.79. The highest BCUT2D eigenvalue weighted by atomic mass is 16.7. The maximum Gasteiger partial charge on any atom is 0.498 e. The lowest BCUT2D eigenvalue weighted by Gasteiger charge is -2.32. The van der Waals surface area contributed by atoms with E-state index in [2.05, 4.69) is 10.3 Å². The summed E-state index contributed by atoms with van der Waals surface area (Å²) < 4.78 is 12.0. The molecule has 1 aromatic heterocycles. The second kappa shape index (κ2) is 5.18. The third-order valence-corrected chi connectivity index (χ3v) is 3.95. The van der Waals surface area contributed by atoms with Gasteiger partial charge in [0.05, 0.1) is 11.2 Å². The molecule has 1 amide bonds. The number of nitrogens with one attached hydrogen (secondary N) is 1. The highest BCUT2D eigenvalue weighted by molar-refractivity contribution is 6.64. The Morgan fingerprint density at radius 3 is 2.45 bits per heavy atom. The fourth-order valence-electron chi connectivity index (χ4n) is 1.92. The van der Waals surface area contributed by atoms with Crippen molar-refractivity contribution in [3.63, 3.8) is 0 Å². The lowest BCUT2D eigenvalue weighted by Crippen LogP contribution is -2.41.